The normalized spacial score (nSPS) is 17.3. The van der Waals surface area contributed by atoms with Gasteiger partial charge in [-0.2, -0.15) is 0 Å². The largest absolute Gasteiger partial charge is 0.394 e. The summed E-state index contributed by atoms with van der Waals surface area (Å²) in [6.07, 6.45) is 2.32. The molecule has 0 spiro atoms. The highest BCUT2D eigenvalue weighted by Crippen LogP contribution is 2.39. The summed E-state index contributed by atoms with van der Waals surface area (Å²) in [5.41, 5.74) is -0.519. The summed E-state index contributed by atoms with van der Waals surface area (Å²) in [6, 6.07) is 3.56. The van der Waals surface area contributed by atoms with E-state index in [-0.39, 0.29) is 24.8 Å². The van der Waals surface area contributed by atoms with Crippen LogP contribution in [0.25, 0.3) is 0 Å². The van der Waals surface area contributed by atoms with E-state index in [2.05, 4.69) is 10.6 Å². The zero-order valence-electron chi connectivity index (χ0n) is 11.5. The zero-order valence-corrected chi connectivity index (χ0v) is 12.3. The molecule has 1 aromatic heterocycles. The molecule has 1 fully saturated rings. The summed E-state index contributed by atoms with van der Waals surface area (Å²) in [4.78, 5) is 24.2. The lowest BCUT2D eigenvalue weighted by Gasteiger charge is -2.28. The van der Waals surface area contributed by atoms with Crippen LogP contribution in [-0.2, 0) is 4.79 Å². The van der Waals surface area contributed by atoms with Gasteiger partial charge in [0.25, 0.3) is 5.91 Å². The summed E-state index contributed by atoms with van der Waals surface area (Å²) in [7, 11) is 0. The molecule has 1 unspecified atom stereocenters. The molecule has 110 valence electrons. The van der Waals surface area contributed by atoms with Crippen LogP contribution in [0, 0.1) is 5.92 Å². The Labute approximate surface area is 122 Å². The fraction of sp³-hybridized carbons (Fsp3) is 0.571. The van der Waals surface area contributed by atoms with Gasteiger partial charge in [0.15, 0.2) is 0 Å². The highest BCUT2D eigenvalue weighted by atomic mass is 32.1. The van der Waals surface area contributed by atoms with Crippen LogP contribution in [0.2, 0.25) is 0 Å². The first-order valence-corrected chi connectivity index (χ1v) is 7.67. The van der Waals surface area contributed by atoms with Crippen molar-refractivity contribution in [2.24, 2.45) is 5.92 Å². The molecule has 1 aliphatic carbocycles. The number of carbonyl (C=O) groups excluding carboxylic acids is 2. The van der Waals surface area contributed by atoms with E-state index in [0.29, 0.717) is 17.3 Å². The second-order valence-electron chi connectivity index (χ2n) is 5.38. The van der Waals surface area contributed by atoms with Crippen molar-refractivity contribution in [2.45, 2.75) is 31.7 Å². The van der Waals surface area contributed by atoms with Crippen molar-refractivity contribution in [1.82, 2.24) is 10.6 Å². The van der Waals surface area contributed by atoms with Crippen molar-refractivity contribution in [3.05, 3.63) is 22.4 Å². The zero-order chi connectivity index (χ0) is 14.6. The third-order valence-corrected chi connectivity index (χ3v) is 4.48. The van der Waals surface area contributed by atoms with E-state index in [9.17, 15) is 14.7 Å². The van der Waals surface area contributed by atoms with Gasteiger partial charge in [0.05, 0.1) is 17.0 Å². The first-order valence-electron chi connectivity index (χ1n) is 6.79. The maximum absolute atomic E-state index is 11.8. The molecule has 2 amide bonds. The Bertz CT molecular complexity index is 471. The molecule has 1 atom stereocenters. The average Bonchev–Trinajstić information content (AvgIpc) is 3.14. The second-order valence-corrected chi connectivity index (χ2v) is 6.33. The molecule has 6 heteroatoms. The van der Waals surface area contributed by atoms with Gasteiger partial charge in [-0.25, -0.2) is 0 Å². The molecule has 0 aliphatic heterocycles. The molecule has 1 heterocycles. The molecule has 1 aliphatic rings. The number of amides is 2. The van der Waals surface area contributed by atoms with Gasteiger partial charge >= 0.3 is 0 Å². The van der Waals surface area contributed by atoms with Gasteiger partial charge in [0.1, 0.15) is 0 Å². The summed E-state index contributed by atoms with van der Waals surface area (Å²) < 4.78 is 0. The molecule has 5 nitrogen and oxygen atoms in total. The fourth-order valence-corrected chi connectivity index (χ4v) is 2.80. The van der Waals surface area contributed by atoms with E-state index in [4.69, 9.17) is 0 Å². The number of carbonyl (C=O) groups is 2. The van der Waals surface area contributed by atoms with Gasteiger partial charge in [-0.05, 0) is 37.1 Å². The van der Waals surface area contributed by atoms with Gasteiger partial charge < -0.3 is 15.7 Å². The number of thiophene rings is 1. The average molecular weight is 296 g/mol. The lowest BCUT2D eigenvalue weighted by Crippen LogP contribution is -2.51. The molecule has 0 aromatic carbocycles. The number of nitrogens with one attached hydrogen (secondary N) is 2. The summed E-state index contributed by atoms with van der Waals surface area (Å²) in [5, 5.41) is 16.8. The van der Waals surface area contributed by atoms with Crippen LogP contribution in [0.4, 0.5) is 0 Å². The van der Waals surface area contributed by atoms with Crippen molar-refractivity contribution < 1.29 is 14.7 Å². The Morgan fingerprint density at radius 3 is 2.80 bits per heavy atom. The quantitative estimate of drug-likeness (QED) is 0.706. The third-order valence-electron chi connectivity index (χ3n) is 3.61. The topological polar surface area (TPSA) is 78.4 Å². The monoisotopic (exact) mass is 296 g/mol. The molecule has 3 N–H and O–H groups in total. The highest BCUT2D eigenvalue weighted by molar-refractivity contribution is 7.12. The fourth-order valence-electron chi connectivity index (χ4n) is 2.16. The van der Waals surface area contributed by atoms with E-state index in [1.54, 1.807) is 6.07 Å². The lowest BCUT2D eigenvalue weighted by molar-refractivity contribution is -0.123. The molecular formula is C14H20N2O3S. The van der Waals surface area contributed by atoms with Crippen molar-refractivity contribution in [3.8, 4) is 0 Å². The minimum Gasteiger partial charge on any atom is -0.394 e. The molecule has 1 aromatic rings. The van der Waals surface area contributed by atoms with Crippen molar-refractivity contribution in [3.63, 3.8) is 0 Å². The van der Waals surface area contributed by atoms with E-state index in [0.717, 1.165) is 12.8 Å². The summed E-state index contributed by atoms with van der Waals surface area (Å²) >= 11 is 1.37. The smallest absolute Gasteiger partial charge is 0.261 e. The number of hydrogen-bond donors (Lipinski definition) is 3. The van der Waals surface area contributed by atoms with Crippen LogP contribution >= 0.6 is 11.3 Å². The van der Waals surface area contributed by atoms with Gasteiger partial charge in [0.2, 0.25) is 5.91 Å². The first-order chi connectivity index (χ1) is 9.55. The van der Waals surface area contributed by atoms with E-state index >= 15 is 0 Å². The van der Waals surface area contributed by atoms with E-state index < -0.39 is 5.54 Å². The van der Waals surface area contributed by atoms with Crippen LogP contribution in [0.3, 0.4) is 0 Å². The first kappa shape index (κ1) is 15.0. The van der Waals surface area contributed by atoms with Crippen LogP contribution in [-0.4, -0.2) is 35.6 Å². The van der Waals surface area contributed by atoms with Gasteiger partial charge in [-0.3, -0.25) is 9.59 Å². The molecular weight excluding hydrogens is 276 g/mol. The Morgan fingerprint density at radius 1 is 1.50 bits per heavy atom. The summed E-state index contributed by atoms with van der Waals surface area (Å²) in [6.45, 7) is 2.12. The van der Waals surface area contributed by atoms with Crippen molar-refractivity contribution in [2.75, 3.05) is 13.2 Å². The van der Waals surface area contributed by atoms with Crippen LogP contribution in [0.1, 0.15) is 35.9 Å². The van der Waals surface area contributed by atoms with Gasteiger partial charge in [0, 0.05) is 13.0 Å². The Hall–Kier alpha value is -1.40. The Kier molecular flexibility index (Phi) is 4.77. The van der Waals surface area contributed by atoms with Crippen LogP contribution in [0.5, 0.6) is 0 Å². The maximum Gasteiger partial charge on any atom is 0.261 e. The number of aliphatic hydroxyl groups excluding tert-OH is 1. The number of hydrogen-bond acceptors (Lipinski definition) is 4. The summed E-state index contributed by atoms with van der Waals surface area (Å²) in [5.74, 6) is 0.0806. The molecule has 1 saturated carbocycles. The van der Waals surface area contributed by atoms with Crippen molar-refractivity contribution in [1.29, 1.82) is 0 Å². The van der Waals surface area contributed by atoms with Crippen LogP contribution in [0.15, 0.2) is 17.5 Å². The van der Waals surface area contributed by atoms with E-state index in [1.807, 2.05) is 18.4 Å². The van der Waals surface area contributed by atoms with Gasteiger partial charge in [-0.1, -0.05) is 6.07 Å². The number of rotatable bonds is 7. The van der Waals surface area contributed by atoms with Gasteiger partial charge in [-0.15, -0.1) is 11.3 Å². The van der Waals surface area contributed by atoms with Crippen molar-refractivity contribution >= 4 is 23.2 Å². The predicted molar refractivity (Wildman–Crippen MR) is 77.6 cm³/mol. The van der Waals surface area contributed by atoms with Crippen LogP contribution < -0.4 is 10.6 Å². The Balaban J connectivity index is 1.71. The molecule has 2 rings (SSSR count). The lowest BCUT2D eigenvalue weighted by atomic mass is 9.97. The predicted octanol–water partition coefficient (Wildman–Crippen LogP) is 1.15. The minimum atomic E-state index is -0.519. The SMILES string of the molecule is CC(CO)(NC(=O)CCNC(=O)c1cccs1)C1CC1. The minimum absolute atomic E-state index is 0.0506. The second kappa shape index (κ2) is 6.37. The Morgan fingerprint density at radius 2 is 2.25 bits per heavy atom. The molecule has 0 bridgehead atoms. The third kappa shape index (κ3) is 3.80. The molecule has 20 heavy (non-hydrogen) atoms. The maximum atomic E-state index is 11.8. The molecule has 0 saturated heterocycles. The van der Waals surface area contributed by atoms with E-state index in [1.165, 1.54) is 11.3 Å². The number of aliphatic hydroxyl groups is 1. The molecule has 0 radical (unpaired) electrons. The standard InChI is InChI=1S/C14H20N2O3S/c1-14(9-17,10-4-5-10)16-12(18)6-7-15-13(19)11-3-2-8-20-11/h2-3,8,10,17H,4-7,9H2,1H3,(H,15,19)(H,16,18). The highest BCUT2D eigenvalue weighted by Gasteiger charge is 2.41.